The lowest BCUT2D eigenvalue weighted by Gasteiger charge is -2.26. The molecule has 0 aromatic heterocycles. The van der Waals surface area contributed by atoms with Crippen LogP contribution in [0.25, 0.3) is 0 Å². The zero-order chi connectivity index (χ0) is 13.7. The Bertz CT molecular complexity index is 440. The van der Waals surface area contributed by atoms with E-state index in [1.165, 1.54) is 0 Å². The fourth-order valence-corrected chi connectivity index (χ4v) is 2.60. The summed E-state index contributed by atoms with van der Waals surface area (Å²) in [5.41, 5.74) is 0.690. The van der Waals surface area contributed by atoms with Crippen molar-refractivity contribution >= 4 is 5.91 Å². The second-order valence-corrected chi connectivity index (χ2v) is 5.00. The van der Waals surface area contributed by atoms with E-state index in [9.17, 15) is 4.79 Å². The highest BCUT2D eigenvalue weighted by Gasteiger charge is 2.38. The van der Waals surface area contributed by atoms with E-state index < -0.39 is 0 Å². The summed E-state index contributed by atoms with van der Waals surface area (Å²) in [5, 5.41) is 6.37. The van der Waals surface area contributed by atoms with Crippen LogP contribution in [0.4, 0.5) is 0 Å². The average molecular weight is 262 g/mol. The molecule has 104 valence electrons. The number of hydrogen-bond donors (Lipinski definition) is 2. The first-order chi connectivity index (χ1) is 9.20. The fourth-order valence-electron chi connectivity index (χ4n) is 2.60. The maximum Gasteiger partial charge on any atom is 0.240 e. The lowest BCUT2D eigenvalue weighted by Crippen LogP contribution is -2.52. The first-order valence-corrected chi connectivity index (χ1v) is 6.86. The monoisotopic (exact) mass is 262 g/mol. The number of benzene rings is 1. The summed E-state index contributed by atoms with van der Waals surface area (Å²) in [4.78, 5) is 12.3. The van der Waals surface area contributed by atoms with Crippen LogP contribution in [-0.2, 0) is 11.3 Å². The van der Waals surface area contributed by atoms with Crippen LogP contribution in [0.15, 0.2) is 24.3 Å². The minimum Gasteiger partial charge on any atom is -0.497 e. The lowest BCUT2D eigenvalue weighted by molar-refractivity contribution is -0.127. The minimum atomic E-state index is -0.362. The molecule has 1 aliphatic rings. The third-order valence-corrected chi connectivity index (χ3v) is 3.87. The normalized spacial score (nSPS) is 22.2. The predicted molar refractivity (Wildman–Crippen MR) is 75.1 cm³/mol. The number of rotatable bonds is 5. The quantitative estimate of drug-likeness (QED) is 0.851. The Morgan fingerprint density at radius 3 is 3.00 bits per heavy atom. The minimum absolute atomic E-state index is 0.107. The maximum absolute atomic E-state index is 12.3. The Hall–Kier alpha value is -1.55. The molecule has 4 nitrogen and oxygen atoms in total. The molecule has 0 saturated carbocycles. The van der Waals surface area contributed by atoms with Crippen molar-refractivity contribution in [2.24, 2.45) is 0 Å². The molecule has 2 rings (SSSR count). The van der Waals surface area contributed by atoms with Gasteiger partial charge in [0.05, 0.1) is 12.6 Å². The van der Waals surface area contributed by atoms with Crippen LogP contribution in [0.2, 0.25) is 0 Å². The molecule has 1 fully saturated rings. The molecule has 1 aromatic carbocycles. The van der Waals surface area contributed by atoms with Gasteiger partial charge in [-0.3, -0.25) is 4.79 Å². The Kier molecular flexibility index (Phi) is 4.43. The zero-order valence-corrected chi connectivity index (χ0v) is 11.7. The van der Waals surface area contributed by atoms with Crippen molar-refractivity contribution in [1.82, 2.24) is 10.6 Å². The van der Waals surface area contributed by atoms with Crippen molar-refractivity contribution < 1.29 is 9.53 Å². The summed E-state index contributed by atoms with van der Waals surface area (Å²) in [6.07, 6.45) is 2.82. The fraction of sp³-hybridized carbons (Fsp3) is 0.533. The van der Waals surface area contributed by atoms with Gasteiger partial charge in [-0.15, -0.1) is 0 Å². The van der Waals surface area contributed by atoms with Gasteiger partial charge in [0, 0.05) is 6.54 Å². The van der Waals surface area contributed by atoms with Crippen LogP contribution < -0.4 is 15.4 Å². The summed E-state index contributed by atoms with van der Waals surface area (Å²) in [6.45, 7) is 3.53. The second-order valence-electron chi connectivity index (χ2n) is 5.00. The summed E-state index contributed by atoms with van der Waals surface area (Å²) in [5.74, 6) is 0.922. The number of carbonyl (C=O) groups excluding carboxylic acids is 1. The maximum atomic E-state index is 12.3. The van der Waals surface area contributed by atoms with E-state index in [1.54, 1.807) is 7.11 Å². The van der Waals surface area contributed by atoms with Gasteiger partial charge in [-0.25, -0.2) is 0 Å². The number of hydrogen-bond acceptors (Lipinski definition) is 3. The SMILES string of the molecule is CCC1(C(=O)NCc2cccc(OC)c2)CCCN1. The van der Waals surface area contributed by atoms with E-state index >= 15 is 0 Å². The van der Waals surface area contributed by atoms with Crippen LogP contribution in [0.5, 0.6) is 5.75 Å². The van der Waals surface area contributed by atoms with Crippen LogP contribution >= 0.6 is 0 Å². The van der Waals surface area contributed by atoms with E-state index in [2.05, 4.69) is 17.6 Å². The van der Waals surface area contributed by atoms with E-state index in [0.29, 0.717) is 6.54 Å². The Labute approximate surface area is 114 Å². The number of ether oxygens (including phenoxy) is 1. The van der Waals surface area contributed by atoms with Crippen molar-refractivity contribution in [1.29, 1.82) is 0 Å². The summed E-state index contributed by atoms with van der Waals surface area (Å²) >= 11 is 0. The van der Waals surface area contributed by atoms with Crippen molar-refractivity contribution in [3.8, 4) is 5.75 Å². The summed E-state index contributed by atoms with van der Waals surface area (Å²) < 4.78 is 5.18. The lowest BCUT2D eigenvalue weighted by atomic mass is 9.93. The highest BCUT2D eigenvalue weighted by atomic mass is 16.5. The Morgan fingerprint density at radius 1 is 1.53 bits per heavy atom. The average Bonchev–Trinajstić information content (AvgIpc) is 2.95. The molecule has 19 heavy (non-hydrogen) atoms. The molecule has 0 aliphatic carbocycles. The largest absolute Gasteiger partial charge is 0.497 e. The van der Waals surface area contributed by atoms with Crippen molar-refractivity contribution in [3.63, 3.8) is 0 Å². The zero-order valence-electron chi connectivity index (χ0n) is 11.7. The molecule has 1 unspecified atom stereocenters. The molecular formula is C15H22N2O2. The molecular weight excluding hydrogens is 240 g/mol. The smallest absolute Gasteiger partial charge is 0.240 e. The molecule has 1 heterocycles. The molecule has 0 spiro atoms. The van der Waals surface area contributed by atoms with Crippen molar-refractivity contribution in [2.45, 2.75) is 38.3 Å². The van der Waals surface area contributed by atoms with Gasteiger partial charge in [0.15, 0.2) is 0 Å². The number of methoxy groups -OCH3 is 1. The number of amides is 1. The third kappa shape index (κ3) is 3.07. The molecule has 1 aromatic rings. The van der Waals surface area contributed by atoms with E-state index in [0.717, 1.165) is 37.1 Å². The molecule has 0 radical (unpaired) electrons. The first kappa shape index (κ1) is 13.9. The van der Waals surface area contributed by atoms with E-state index in [1.807, 2.05) is 24.3 Å². The van der Waals surface area contributed by atoms with Gasteiger partial charge < -0.3 is 15.4 Å². The van der Waals surface area contributed by atoms with Gasteiger partial charge in [-0.2, -0.15) is 0 Å². The van der Waals surface area contributed by atoms with Gasteiger partial charge in [0.25, 0.3) is 0 Å². The van der Waals surface area contributed by atoms with Gasteiger partial charge in [0.1, 0.15) is 5.75 Å². The van der Waals surface area contributed by atoms with Crippen LogP contribution in [0, 0.1) is 0 Å². The van der Waals surface area contributed by atoms with Gasteiger partial charge in [0.2, 0.25) is 5.91 Å². The molecule has 1 amide bonds. The molecule has 2 N–H and O–H groups in total. The highest BCUT2D eigenvalue weighted by Crippen LogP contribution is 2.23. The molecule has 0 bridgehead atoms. The van der Waals surface area contributed by atoms with Gasteiger partial charge in [-0.05, 0) is 43.5 Å². The van der Waals surface area contributed by atoms with Crippen LogP contribution in [-0.4, -0.2) is 25.1 Å². The van der Waals surface area contributed by atoms with Gasteiger partial charge >= 0.3 is 0 Å². The van der Waals surface area contributed by atoms with Gasteiger partial charge in [-0.1, -0.05) is 19.1 Å². The topological polar surface area (TPSA) is 50.4 Å². The second kappa shape index (κ2) is 6.06. The van der Waals surface area contributed by atoms with E-state index in [4.69, 9.17) is 4.74 Å². The summed E-state index contributed by atoms with van der Waals surface area (Å²) in [6, 6.07) is 7.77. The Morgan fingerprint density at radius 2 is 2.37 bits per heavy atom. The predicted octanol–water partition coefficient (Wildman–Crippen LogP) is 1.84. The van der Waals surface area contributed by atoms with Crippen molar-refractivity contribution in [2.75, 3.05) is 13.7 Å². The number of carbonyl (C=O) groups is 1. The highest BCUT2D eigenvalue weighted by molar-refractivity contribution is 5.86. The molecule has 1 aliphatic heterocycles. The van der Waals surface area contributed by atoms with E-state index in [-0.39, 0.29) is 11.4 Å². The summed E-state index contributed by atoms with van der Waals surface area (Å²) in [7, 11) is 1.65. The molecule has 4 heteroatoms. The van der Waals surface area contributed by atoms with Crippen molar-refractivity contribution in [3.05, 3.63) is 29.8 Å². The Balaban J connectivity index is 1.96. The van der Waals surface area contributed by atoms with Crippen LogP contribution in [0.1, 0.15) is 31.7 Å². The van der Waals surface area contributed by atoms with Crippen LogP contribution in [0.3, 0.4) is 0 Å². The third-order valence-electron chi connectivity index (χ3n) is 3.87. The first-order valence-electron chi connectivity index (χ1n) is 6.86. The molecule has 1 atom stereocenters. The standard InChI is InChI=1S/C15H22N2O2/c1-3-15(8-5-9-17-15)14(18)16-11-12-6-4-7-13(10-12)19-2/h4,6-7,10,17H,3,5,8-9,11H2,1-2H3,(H,16,18). The molecule has 1 saturated heterocycles. The number of nitrogens with one attached hydrogen (secondary N) is 2.